The maximum atomic E-state index is 12.3. The van der Waals surface area contributed by atoms with Crippen molar-refractivity contribution in [2.75, 3.05) is 40.1 Å². The number of hydrogen-bond donors (Lipinski definition) is 1. The van der Waals surface area contributed by atoms with Gasteiger partial charge in [-0.15, -0.1) is 0 Å². The van der Waals surface area contributed by atoms with Crippen LogP contribution in [0, 0.1) is 29.6 Å². The van der Waals surface area contributed by atoms with Crippen LogP contribution < -0.4 is 0 Å². The molecule has 13 nitrogen and oxygen atoms in total. The molecule has 1 rings (SSSR count). The maximum absolute atomic E-state index is 12.3. The average molecular weight is 1260 g/mol. The molecule has 13 heteroatoms. The third-order valence-corrected chi connectivity index (χ3v) is 15.2. The molecular formula is C75H148O13. The molecule has 1 saturated carbocycles. The molecule has 3 unspecified atom stereocenters. The highest BCUT2D eigenvalue weighted by molar-refractivity contribution is 5.75. The van der Waals surface area contributed by atoms with Crippen molar-refractivity contribution in [3.05, 3.63) is 0 Å². The van der Waals surface area contributed by atoms with Crippen molar-refractivity contribution >= 4 is 41.9 Å². The Kier molecular flexibility index (Phi) is 88.9. The summed E-state index contributed by atoms with van der Waals surface area (Å²) in [6, 6.07) is 0. The van der Waals surface area contributed by atoms with E-state index in [1.807, 2.05) is 6.92 Å². The normalized spacial score (nSPS) is 12.2. The lowest BCUT2D eigenvalue weighted by molar-refractivity contribution is -0.152. The van der Waals surface area contributed by atoms with E-state index in [1.165, 1.54) is 174 Å². The topological polar surface area (TPSA) is 186 Å². The van der Waals surface area contributed by atoms with Gasteiger partial charge >= 0.3 is 29.8 Å². The monoisotopic (exact) mass is 1260 g/mol. The fraction of sp³-hybridized carbons (Fsp3) is 0.907. The molecule has 0 aliphatic heterocycles. The molecule has 0 saturated heterocycles. The molecule has 1 fully saturated rings. The number of Topliss-reactive ketones (excluding diaryl/α,β-unsaturated/α-hetero) is 1. The zero-order valence-corrected chi connectivity index (χ0v) is 60.8. The fourth-order valence-corrected chi connectivity index (χ4v) is 9.06. The van der Waals surface area contributed by atoms with E-state index in [2.05, 4.69) is 80.9 Å². The molecule has 1 aliphatic rings. The van der Waals surface area contributed by atoms with E-state index in [9.17, 15) is 33.6 Å². The van der Waals surface area contributed by atoms with Gasteiger partial charge in [-0.2, -0.15) is 0 Å². The first-order valence-electron chi connectivity index (χ1n) is 36.6. The zero-order chi connectivity index (χ0) is 67.5. The zero-order valence-electron chi connectivity index (χ0n) is 60.8. The highest BCUT2D eigenvalue weighted by Gasteiger charge is 2.25. The average Bonchev–Trinajstić information content (AvgIpc) is 3.57. The largest absolute Gasteiger partial charge is 0.481 e. The lowest BCUT2D eigenvalue weighted by atomic mass is 9.78. The second-order valence-electron chi connectivity index (χ2n) is 24.9. The Morgan fingerprint density at radius 3 is 1.18 bits per heavy atom. The summed E-state index contributed by atoms with van der Waals surface area (Å²) in [6.07, 6.45) is 48.3. The molecule has 1 N–H and O–H groups in total. The molecule has 0 aromatic carbocycles. The van der Waals surface area contributed by atoms with Gasteiger partial charge in [-0.05, 0) is 69.6 Å². The highest BCUT2D eigenvalue weighted by Crippen LogP contribution is 2.33. The molecule has 0 aromatic heterocycles. The number of aliphatic carboxylic acids is 1. The van der Waals surface area contributed by atoms with Gasteiger partial charge in [0.15, 0.2) is 0 Å². The molecule has 0 bridgehead atoms. The van der Waals surface area contributed by atoms with Gasteiger partial charge in [0.25, 0.3) is 0 Å². The van der Waals surface area contributed by atoms with Crippen molar-refractivity contribution in [3.63, 3.8) is 0 Å². The second kappa shape index (κ2) is 81.7. The number of carboxylic acid groups (broad SMARTS) is 1. The number of ether oxygens (including phenoxy) is 5. The minimum absolute atomic E-state index is 0.0173. The van der Waals surface area contributed by atoms with Gasteiger partial charge in [0.05, 0.1) is 45.9 Å². The standard InChI is InChI=1S/C24H46O5.C18H32O4.C10H20O.C9H18O.C5H10O2.C5H12.C4H10/c1-6-8-10-11-12-13-15-23(25)28-18-21(17-27-5)16-24(26)29-19-22(20(3)4)14-9-7-2;1-2-3-4-5-6-7-11-18(21)22-14-16(13-17(19)20)12-15-9-8-10-15;1-3-4-5-6-7-8-9-10(2)11;1-2-3-4-5-6-7-8-9-10;1-3-4-7-5(2)6;1-3-5-4-2;1-3-4-2/h20-22H,6-19H2,1-5H3;15-16H,2-14H2,1H3,(H,19,20);3-9H2,1-2H3;9H,2-8H2,1H3;3-4H2,1-2H3;3-5H2,1-2H3;3-4H2,1-2H3. The molecule has 0 spiro atoms. The predicted octanol–water partition coefficient (Wildman–Crippen LogP) is 21.7. The number of hydrogen-bond acceptors (Lipinski definition) is 12. The number of rotatable bonds is 51. The number of esters is 4. The number of ketones is 1. The van der Waals surface area contributed by atoms with Crippen LogP contribution in [0.4, 0.5) is 0 Å². The van der Waals surface area contributed by atoms with Crippen molar-refractivity contribution in [1.29, 1.82) is 0 Å². The van der Waals surface area contributed by atoms with Crippen LogP contribution in [-0.2, 0) is 57.2 Å². The van der Waals surface area contributed by atoms with E-state index in [1.54, 1.807) is 14.0 Å². The minimum Gasteiger partial charge on any atom is -0.481 e. The minimum atomic E-state index is -0.795. The fourth-order valence-electron chi connectivity index (χ4n) is 9.06. The van der Waals surface area contributed by atoms with Crippen LogP contribution in [0.2, 0.25) is 0 Å². The Balaban J connectivity index is -0.000000248. The van der Waals surface area contributed by atoms with Crippen LogP contribution in [0.5, 0.6) is 0 Å². The molecular weight excluding hydrogens is 1110 g/mol. The summed E-state index contributed by atoms with van der Waals surface area (Å²) < 4.78 is 25.9. The number of unbranched alkanes of at least 4 members (excludes halogenated alkanes) is 25. The summed E-state index contributed by atoms with van der Waals surface area (Å²) >= 11 is 0. The molecule has 1 aliphatic carbocycles. The van der Waals surface area contributed by atoms with Gasteiger partial charge in [0.2, 0.25) is 0 Å². The molecule has 0 amide bonds. The Bertz CT molecular complexity index is 1460. The summed E-state index contributed by atoms with van der Waals surface area (Å²) in [7, 11) is 1.59. The lowest BCUT2D eigenvalue weighted by Gasteiger charge is -2.28. The Hall–Kier alpha value is -3.35. The third kappa shape index (κ3) is 89.1. The van der Waals surface area contributed by atoms with Crippen molar-refractivity contribution < 1.29 is 62.4 Å². The van der Waals surface area contributed by atoms with Crippen molar-refractivity contribution in [2.24, 2.45) is 29.6 Å². The van der Waals surface area contributed by atoms with Crippen LogP contribution in [0.15, 0.2) is 0 Å². The van der Waals surface area contributed by atoms with Crippen molar-refractivity contribution in [1.82, 2.24) is 0 Å². The van der Waals surface area contributed by atoms with Gasteiger partial charge in [-0.1, -0.05) is 276 Å². The Morgan fingerprint density at radius 2 is 0.852 bits per heavy atom. The third-order valence-electron chi connectivity index (χ3n) is 15.2. The maximum Gasteiger partial charge on any atom is 0.306 e. The summed E-state index contributed by atoms with van der Waals surface area (Å²) in [5.41, 5.74) is 0. The lowest BCUT2D eigenvalue weighted by Crippen LogP contribution is -2.24. The Labute approximate surface area is 544 Å². The van der Waals surface area contributed by atoms with E-state index in [4.69, 9.17) is 24.1 Å². The van der Waals surface area contributed by atoms with Gasteiger partial charge in [0, 0.05) is 51.6 Å². The van der Waals surface area contributed by atoms with Crippen LogP contribution in [0.25, 0.3) is 0 Å². The van der Waals surface area contributed by atoms with E-state index in [0.29, 0.717) is 56.2 Å². The van der Waals surface area contributed by atoms with Crippen molar-refractivity contribution in [3.8, 4) is 0 Å². The van der Waals surface area contributed by atoms with Gasteiger partial charge in [-0.25, -0.2) is 0 Å². The van der Waals surface area contributed by atoms with E-state index in [-0.39, 0.29) is 61.8 Å². The quantitative estimate of drug-likeness (QED) is 0.0263. The summed E-state index contributed by atoms with van der Waals surface area (Å²) in [6.45, 7) is 31.0. The number of carbonyl (C=O) groups excluding carboxylic acids is 6. The first-order chi connectivity index (χ1) is 42.3. The van der Waals surface area contributed by atoms with Gasteiger partial charge in [0.1, 0.15) is 12.1 Å². The molecule has 3 atom stereocenters. The van der Waals surface area contributed by atoms with Crippen LogP contribution in [0.3, 0.4) is 0 Å². The summed E-state index contributed by atoms with van der Waals surface area (Å²) in [5.74, 6) is 0.114. The first-order valence-corrected chi connectivity index (χ1v) is 36.6. The second-order valence-corrected chi connectivity index (χ2v) is 24.9. The number of carbonyl (C=O) groups is 7. The number of carboxylic acids is 1. The van der Waals surface area contributed by atoms with Crippen LogP contribution in [-0.4, -0.2) is 87.2 Å². The van der Waals surface area contributed by atoms with E-state index in [0.717, 1.165) is 89.8 Å². The Morgan fingerprint density at radius 1 is 0.443 bits per heavy atom. The smallest absolute Gasteiger partial charge is 0.306 e. The molecule has 0 aromatic rings. The first kappa shape index (κ1) is 95.8. The van der Waals surface area contributed by atoms with Gasteiger partial charge in [-0.3, -0.25) is 24.0 Å². The predicted molar refractivity (Wildman–Crippen MR) is 370 cm³/mol. The highest BCUT2D eigenvalue weighted by atomic mass is 16.5. The number of methoxy groups -OCH3 is 1. The molecule has 0 heterocycles. The van der Waals surface area contributed by atoms with Crippen LogP contribution in [0.1, 0.15) is 373 Å². The SMILES string of the molecule is CCCC.CCCCC.CCCCCCCCC(=O)OCC(CC(=O)O)CC1CCC1.CCCCCCCCC(=O)OCC(COC)CC(=O)OCC(CCCC)C(C)C.CCCCCCCCC(C)=O.CCCCCCCCC=O.CCCOC(C)=O. The summed E-state index contributed by atoms with van der Waals surface area (Å²) in [4.78, 5) is 77.2. The summed E-state index contributed by atoms with van der Waals surface area (Å²) in [5, 5.41) is 8.96. The number of aldehydes is 1. The van der Waals surface area contributed by atoms with E-state index < -0.39 is 5.97 Å². The van der Waals surface area contributed by atoms with E-state index >= 15 is 0 Å². The van der Waals surface area contributed by atoms with Gasteiger partial charge < -0.3 is 38.4 Å². The molecule has 526 valence electrons. The molecule has 0 radical (unpaired) electrons. The van der Waals surface area contributed by atoms with Crippen molar-refractivity contribution in [2.45, 2.75) is 373 Å². The molecule has 88 heavy (non-hydrogen) atoms. The van der Waals surface area contributed by atoms with Crippen LogP contribution >= 0.6 is 0 Å².